The number of carboxylic acids is 1. The number of rotatable bonds is 6. The number of carbonyl (C=O) groups excluding carboxylic acids is 2. The van der Waals surface area contributed by atoms with Crippen molar-refractivity contribution in [3.05, 3.63) is 12.2 Å². The molecule has 0 aliphatic rings. The number of nitrogens with zero attached hydrogens (tertiary/aromatic N) is 2. The summed E-state index contributed by atoms with van der Waals surface area (Å²) in [6.45, 7) is 5.96. The third-order valence-corrected chi connectivity index (χ3v) is 1.34. The Hall–Kier alpha value is -2.03. The first-order valence-corrected chi connectivity index (χ1v) is 4.58. The van der Waals surface area contributed by atoms with Gasteiger partial charge in [-0.15, -0.1) is 0 Å². The maximum Gasteiger partial charge on any atom is 0.330 e. The van der Waals surface area contributed by atoms with Crippen molar-refractivity contribution in [3.8, 4) is 0 Å². The van der Waals surface area contributed by atoms with Crippen molar-refractivity contribution in [2.45, 2.75) is 19.8 Å². The van der Waals surface area contributed by atoms with E-state index in [1.807, 2.05) is 0 Å². The van der Waals surface area contributed by atoms with E-state index in [4.69, 9.17) is 9.90 Å². The molecule has 0 saturated heterocycles. The maximum absolute atomic E-state index is 10.2. The molecule has 0 rings (SSSR count). The summed E-state index contributed by atoms with van der Waals surface area (Å²) in [4.78, 5) is 35.3. The Morgan fingerprint density at radius 3 is 2.19 bits per heavy atom. The molecule has 0 saturated carbocycles. The lowest BCUT2D eigenvalue weighted by Gasteiger charge is -1.95. The topological polar surface area (TPSA) is 96.2 Å². The molecule has 0 radical (unpaired) electrons. The average Bonchev–Trinajstić information content (AvgIpc) is 2.26. The molecule has 1 N–H and O–H groups in total. The molecule has 0 bridgehead atoms. The molecule has 0 unspecified atom stereocenters. The van der Waals surface area contributed by atoms with Gasteiger partial charge in [-0.1, -0.05) is 6.58 Å². The van der Waals surface area contributed by atoms with Gasteiger partial charge in [0.05, 0.1) is 6.54 Å². The second kappa shape index (κ2) is 13.0. The van der Waals surface area contributed by atoms with Gasteiger partial charge in [0.1, 0.15) is 0 Å². The van der Waals surface area contributed by atoms with Crippen LogP contribution >= 0.6 is 0 Å². The van der Waals surface area contributed by atoms with Crippen molar-refractivity contribution in [3.63, 3.8) is 0 Å². The second-order valence-electron chi connectivity index (χ2n) is 2.55. The summed E-state index contributed by atoms with van der Waals surface area (Å²) in [7, 11) is 0. The maximum atomic E-state index is 10.2. The minimum atomic E-state index is -1.000. The zero-order valence-corrected chi connectivity index (χ0v) is 9.10. The van der Waals surface area contributed by atoms with Gasteiger partial charge in [-0.25, -0.2) is 24.4 Å². The van der Waals surface area contributed by atoms with Crippen LogP contribution in [0.25, 0.3) is 0 Å². The van der Waals surface area contributed by atoms with E-state index in [0.717, 1.165) is 0 Å². The first kappa shape index (κ1) is 16.4. The van der Waals surface area contributed by atoms with Crippen molar-refractivity contribution in [2.24, 2.45) is 9.98 Å². The van der Waals surface area contributed by atoms with Crippen molar-refractivity contribution in [1.82, 2.24) is 0 Å². The van der Waals surface area contributed by atoms with Gasteiger partial charge in [0.25, 0.3) is 0 Å². The zero-order chi connectivity index (χ0) is 12.8. The van der Waals surface area contributed by atoms with Crippen LogP contribution in [0.3, 0.4) is 0 Å². The van der Waals surface area contributed by atoms with Gasteiger partial charge in [-0.05, 0) is 19.8 Å². The molecule has 16 heavy (non-hydrogen) atoms. The van der Waals surface area contributed by atoms with Crippen molar-refractivity contribution < 1.29 is 19.5 Å². The summed E-state index contributed by atoms with van der Waals surface area (Å²) in [6, 6.07) is 0. The summed E-state index contributed by atoms with van der Waals surface area (Å²) in [5, 5.41) is 8.33. The van der Waals surface area contributed by atoms with Crippen LogP contribution in [0.5, 0.6) is 0 Å². The molecule has 0 amide bonds. The summed E-state index contributed by atoms with van der Waals surface area (Å²) < 4.78 is 0. The molecule has 0 aliphatic heterocycles. The van der Waals surface area contributed by atoms with Crippen LogP contribution in [0.1, 0.15) is 19.8 Å². The molecule has 0 aromatic heterocycles. The number of hydrogen-bond acceptors (Lipinski definition) is 5. The van der Waals surface area contributed by atoms with Crippen LogP contribution in [0.15, 0.2) is 22.1 Å². The Morgan fingerprint density at radius 2 is 1.88 bits per heavy atom. The van der Waals surface area contributed by atoms with Crippen LogP contribution in [-0.2, 0) is 14.4 Å². The number of hydrogen-bond donors (Lipinski definition) is 1. The highest BCUT2D eigenvalue weighted by Crippen LogP contribution is 2.01. The number of aliphatic carboxylic acids is 1. The van der Waals surface area contributed by atoms with E-state index in [1.165, 1.54) is 12.2 Å². The predicted molar refractivity (Wildman–Crippen MR) is 57.7 cm³/mol. The zero-order valence-electron chi connectivity index (χ0n) is 9.10. The van der Waals surface area contributed by atoms with Gasteiger partial charge >= 0.3 is 5.97 Å². The fourth-order valence-corrected chi connectivity index (χ4v) is 0.589. The highest BCUT2D eigenvalue weighted by atomic mass is 16.4. The van der Waals surface area contributed by atoms with E-state index in [1.54, 1.807) is 6.92 Å². The van der Waals surface area contributed by atoms with E-state index >= 15 is 0 Å². The Balaban J connectivity index is 0. The van der Waals surface area contributed by atoms with Gasteiger partial charge in [-0.3, -0.25) is 0 Å². The van der Waals surface area contributed by atoms with Crippen molar-refractivity contribution >= 4 is 18.1 Å². The largest absolute Gasteiger partial charge is 0.478 e. The van der Waals surface area contributed by atoms with E-state index in [0.29, 0.717) is 25.9 Å². The van der Waals surface area contributed by atoms with Gasteiger partial charge in [0, 0.05) is 12.1 Å². The smallest absolute Gasteiger partial charge is 0.330 e. The molecule has 0 heterocycles. The van der Waals surface area contributed by atoms with Gasteiger partial charge in [-0.2, -0.15) is 0 Å². The van der Waals surface area contributed by atoms with E-state index in [-0.39, 0.29) is 5.57 Å². The highest BCUT2D eigenvalue weighted by Gasteiger charge is 2.01. The first-order chi connectivity index (χ1) is 7.59. The van der Waals surface area contributed by atoms with Crippen molar-refractivity contribution in [2.75, 3.05) is 13.1 Å². The highest BCUT2D eigenvalue weighted by molar-refractivity contribution is 5.85. The summed E-state index contributed by atoms with van der Waals surface area (Å²) in [6.07, 6.45) is 3.65. The fourth-order valence-electron chi connectivity index (χ4n) is 0.589. The number of isocyanates is 2. The lowest BCUT2D eigenvalue weighted by Crippen LogP contribution is -1.99. The van der Waals surface area contributed by atoms with Crippen LogP contribution in [0.4, 0.5) is 0 Å². The molecule has 6 nitrogen and oxygen atoms in total. The molecule has 88 valence electrons. The molecule has 0 aliphatic carbocycles. The fraction of sp³-hybridized carbons (Fsp3) is 0.500. The SMILES string of the molecule is C=C(CCCN=C=O)C(=O)O.CCN=C=O. The van der Waals surface area contributed by atoms with Crippen LogP contribution in [0.2, 0.25) is 0 Å². The van der Waals surface area contributed by atoms with Gasteiger partial charge in [0.15, 0.2) is 0 Å². The lowest BCUT2D eigenvalue weighted by molar-refractivity contribution is -0.132. The van der Waals surface area contributed by atoms with Gasteiger partial charge < -0.3 is 5.11 Å². The van der Waals surface area contributed by atoms with Crippen LogP contribution < -0.4 is 0 Å². The third-order valence-electron chi connectivity index (χ3n) is 1.34. The normalized spacial score (nSPS) is 7.56. The Morgan fingerprint density at radius 1 is 1.31 bits per heavy atom. The molecular weight excluding hydrogens is 212 g/mol. The Kier molecular flexibility index (Phi) is 13.3. The third kappa shape index (κ3) is 14.5. The van der Waals surface area contributed by atoms with E-state index < -0.39 is 5.97 Å². The summed E-state index contributed by atoms with van der Waals surface area (Å²) in [5.41, 5.74) is 0.145. The van der Waals surface area contributed by atoms with Crippen LogP contribution in [0, 0.1) is 0 Å². The van der Waals surface area contributed by atoms with E-state index in [9.17, 15) is 9.59 Å². The van der Waals surface area contributed by atoms with E-state index in [2.05, 4.69) is 16.6 Å². The molecule has 0 aromatic carbocycles. The quantitative estimate of drug-likeness (QED) is 0.317. The molecule has 0 spiro atoms. The summed E-state index contributed by atoms with van der Waals surface area (Å²) in [5.74, 6) is -1.000. The lowest BCUT2D eigenvalue weighted by atomic mass is 10.2. The molecular formula is C10H14N2O4. The molecule has 0 fully saturated rings. The van der Waals surface area contributed by atoms with Crippen molar-refractivity contribution in [1.29, 1.82) is 0 Å². The Labute approximate surface area is 93.4 Å². The summed E-state index contributed by atoms with van der Waals surface area (Å²) >= 11 is 0. The molecule has 6 heteroatoms. The molecule has 0 aromatic rings. The Bertz CT molecular complexity index is 313. The predicted octanol–water partition coefficient (Wildman–Crippen LogP) is 1.09. The standard InChI is InChI=1S/C7H9NO3.C3H5NO/c1-6(7(10)11)3-2-4-8-5-9;1-2-4-3-5/h1-4H2,(H,10,11);2H2,1H3. The number of carbonyl (C=O) groups is 1. The monoisotopic (exact) mass is 226 g/mol. The van der Waals surface area contributed by atoms with Crippen LogP contribution in [-0.4, -0.2) is 36.3 Å². The number of aliphatic imine (C=N–C) groups is 2. The number of carboxylic acid groups (broad SMARTS) is 1. The minimum Gasteiger partial charge on any atom is -0.478 e. The average molecular weight is 226 g/mol. The second-order valence-corrected chi connectivity index (χ2v) is 2.55. The minimum absolute atomic E-state index is 0.145. The molecule has 0 atom stereocenters. The van der Waals surface area contributed by atoms with Gasteiger partial charge in [0.2, 0.25) is 12.2 Å². The first-order valence-electron chi connectivity index (χ1n) is 4.58.